The standard InChI is InChI=1S/C10H6O8.4C8H16O2/c11-7(12)3-1-4(8(13)14)6(10(17)18)2-5(3)9(15)16;4*1-3-5-6-7(4-2)8(9)10/h1-2H,(H,11,12)(H,13,14)(H,15,16)(H,17,18);4*7H,3-6H2,1-2H3,(H,9,10). The van der Waals surface area contributed by atoms with E-state index in [0.717, 1.165) is 103 Å². The predicted molar refractivity (Wildman–Crippen MR) is 218 cm³/mol. The number of hydrogen-bond acceptors (Lipinski definition) is 8. The summed E-state index contributed by atoms with van der Waals surface area (Å²) in [4.78, 5) is 84.9. The lowest BCUT2D eigenvalue weighted by molar-refractivity contribution is -0.143. The minimum absolute atomic E-state index is 0.111. The Bertz CT molecular complexity index is 1190. The van der Waals surface area contributed by atoms with Crippen LogP contribution in [0.1, 0.15) is 200 Å². The second kappa shape index (κ2) is 36.3. The normalized spacial score (nSPS) is 12.0. The third kappa shape index (κ3) is 28.4. The predicted octanol–water partition coefficient (Wildman–Crippen LogP) is 9.63. The van der Waals surface area contributed by atoms with Gasteiger partial charge in [-0.25, -0.2) is 19.2 Å². The van der Waals surface area contributed by atoms with E-state index in [2.05, 4.69) is 27.7 Å². The van der Waals surface area contributed by atoms with Crippen LogP contribution in [-0.2, 0) is 19.2 Å². The largest absolute Gasteiger partial charge is 0.481 e. The van der Waals surface area contributed by atoms with Crippen molar-refractivity contribution in [2.75, 3.05) is 0 Å². The molecule has 334 valence electrons. The van der Waals surface area contributed by atoms with Gasteiger partial charge in [0.1, 0.15) is 0 Å². The van der Waals surface area contributed by atoms with Gasteiger partial charge in [0.05, 0.1) is 45.9 Å². The number of carboxylic acids is 8. The summed E-state index contributed by atoms with van der Waals surface area (Å²) in [5.41, 5.74) is -3.15. The molecule has 0 saturated heterocycles. The Morgan fingerprint density at radius 1 is 0.345 bits per heavy atom. The molecule has 1 aromatic carbocycles. The molecule has 0 bridgehead atoms. The number of unbranched alkanes of at least 4 members (excludes halogenated alkanes) is 4. The maximum Gasteiger partial charge on any atom is 0.336 e. The van der Waals surface area contributed by atoms with E-state index >= 15 is 0 Å². The van der Waals surface area contributed by atoms with Gasteiger partial charge in [-0.3, -0.25) is 19.2 Å². The summed E-state index contributed by atoms with van der Waals surface area (Å²) < 4.78 is 0. The van der Waals surface area contributed by atoms with Gasteiger partial charge < -0.3 is 40.9 Å². The van der Waals surface area contributed by atoms with Gasteiger partial charge in [-0.05, 0) is 63.5 Å². The Balaban J connectivity index is -0.000000324. The highest BCUT2D eigenvalue weighted by atomic mass is 16.4. The van der Waals surface area contributed by atoms with Crippen molar-refractivity contribution in [2.24, 2.45) is 23.7 Å². The Labute approximate surface area is 342 Å². The van der Waals surface area contributed by atoms with Crippen LogP contribution in [0.2, 0.25) is 0 Å². The molecule has 16 nitrogen and oxygen atoms in total. The topological polar surface area (TPSA) is 298 Å². The summed E-state index contributed by atoms with van der Waals surface area (Å²) in [6, 6.07) is 1.02. The highest BCUT2D eigenvalue weighted by molar-refractivity contribution is 6.09. The number of benzene rings is 1. The maximum atomic E-state index is 10.8. The second-order valence-electron chi connectivity index (χ2n) is 13.5. The first-order valence-corrected chi connectivity index (χ1v) is 20.2. The Morgan fingerprint density at radius 2 is 0.500 bits per heavy atom. The molecule has 0 amide bonds. The molecule has 0 heterocycles. The highest BCUT2D eigenvalue weighted by Crippen LogP contribution is 2.19. The van der Waals surface area contributed by atoms with Crippen molar-refractivity contribution in [1.29, 1.82) is 0 Å². The average Bonchev–Trinajstić information content (AvgIpc) is 3.16. The fourth-order valence-electron chi connectivity index (χ4n) is 5.12. The molecule has 0 aromatic heterocycles. The molecule has 16 heteroatoms. The fourth-order valence-corrected chi connectivity index (χ4v) is 5.12. The fraction of sp³-hybridized carbons (Fsp3) is 0.667. The smallest absolute Gasteiger partial charge is 0.336 e. The summed E-state index contributed by atoms with van der Waals surface area (Å²) in [5, 5.41) is 69.4. The summed E-state index contributed by atoms with van der Waals surface area (Å²) in [6.45, 7) is 16.0. The van der Waals surface area contributed by atoms with E-state index in [1.807, 2.05) is 27.7 Å². The first kappa shape index (κ1) is 59.7. The molecule has 0 fully saturated rings. The first-order chi connectivity index (χ1) is 27.1. The monoisotopic (exact) mass is 830 g/mol. The van der Waals surface area contributed by atoms with Crippen molar-refractivity contribution in [3.8, 4) is 0 Å². The third-order valence-corrected chi connectivity index (χ3v) is 9.07. The SMILES string of the molecule is CCCCC(CC)C(=O)O.CCCCC(CC)C(=O)O.CCCCC(CC)C(=O)O.CCCCC(CC)C(=O)O.O=C(O)c1cc(C(=O)O)c(C(=O)O)cc1C(=O)O. The van der Waals surface area contributed by atoms with Crippen LogP contribution in [0.15, 0.2) is 12.1 Å². The van der Waals surface area contributed by atoms with Crippen LogP contribution < -0.4 is 0 Å². The number of rotatable bonds is 24. The molecular weight excluding hydrogens is 760 g/mol. The number of carboxylic acid groups (broad SMARTS) is 8. The summed E-state index contributed by atoms with van der Waals surface area (Å²) in [7, 11) is 0. The Kier molecular flexibility index (Phi) is 37.4. The summed E-state index contributed by atoms with van der Waals surface area (Å²) >= 11 is 0. The van der Waals surface area contributed by atoms with Gasteiger partial charge in [0.2, 0.25) is 0 Å². The van der Waals surface area contributed by atoms with Crippen molar-refractivity contribution in [3.05, 3.63) is 34.4 Å². The molecule has 1 aromatic rings. The first-order valence-electron chi connectivity index (χ1n) is 20.2. The van der Waals surface area contributed by atoms with Crippen molar-refractivity contribution in [2.45, 2.75) is 158 Å². The Hall–Kier alpha value is -5.02. The molecular formula is C42H70O16. The van der Waals surface area contributed by atoms with Gasteiger partial charge in [0, 0.05) is 0 Å². The van der Waals surface area contributed by atoms with Gasteiger partial charge in [-0.1, -0.05) is 107 Å². The van der Waals surface area contributed by atoms with Gasteiger partial charge >= 0.3 is 47.8 Å². The molecule has 0 aliphatic carbocycles. The van der Waals surface area contributed by atoms with Gasteiger partial charge in [-0.2, -0.15) is 0 Å². The molecule has 4 atom stereocenters. The number of aliphatic carboxylic acids is 4. The quantitative estimate of drug-likeness (QED) is 0.0481. The minimum Gasteiger partial charge on any atom is -0.481 e. The molecule has 8 N–H and O–H groups in total. The molecule has 58 heavy (non-hydrogen) atoms. The van der Waals surface area contributed by atoms with Crippen LogP contribution >= 0.6 is 0 Å². The molecule has 0 spiro atoms. The van der Waals surface area contributed by atoms with Crippen LogP contribution in [0.25, 0.3) is 0 Å². The Morgan fingerprint density at radius 3 is 0.586 bits per heavy atom. The molecule has 0 aliphatic rings. The van der Waals surface area contributed by atoms with Crippen LogP contribution in [0.3, 0.4) is 0 Å². The molecule has 0 radical (unpaired) electrons. The molecule has 4 unspecified atom stereocenters. The van der Waals surface area contributed by atoms with E-state index < -0.39 is 70.0 Å². The van der Waals surface area contributed by atoms with Crippen molar-refractivity contribution < 1.29 is 79.2 Å². The highest BCUT2D eigenvalue weighted by Gasteiger charge is 2.25. The number of carbonyl (C=O) groups is 8. The van der Waals surface area contributed by atoms with Crippen LogP contribution in [0.4, 0.5) is 0 Å². The van der Waals surface area contributed by atoms with Crippen molar-refractivity contribution in [3.63, 3.8) is 0 Å². The lowest BCUT2D eigenvalue weighted by Gasteiger charge is -2.06. The van der Waals surface area contributed by atoms with E-state index in [-0.39, 0.29) is 23.7 Å². The average molecular weight is 831 g/mol. The zero-order chi connectivity index (χ0) is 46.0. The molecule has 1 rings (SSSR count). The van der Waals surface area contributed by atoms with E-state index in [4.69, 9.17) is 40.9 Å². The van der Waals surface area contributed by atoms with E-state index in [0.29, 0.717) is 12.1 Å². The van der Waals surface area contributed by atoms with E-state index in [9.17, 15) is 38.4 Å². The summed E-state index contributed by atoms with van der Waals surface area (Å²) in [6.07, 6.45) is 14.9. The van der Waals surface area contributed by atoms with Gasteiger partial charge in [0.25, 0.3) is 0 Å². The second-order valence-corrected chi connectivity index (χ2v) is 13.5. The third-order valence-electron chi connectivity index (χ3n) is 9.07. The zero-order valence-corrected chi connectivity index (χ0v) is 35.6. The lowest BCUT2D eigenvalue weighted by atomic mass is 9.98. The van der Waals surface area contributed by atoms with Gasteiger partial charge in [-0.15, -0.1) is 0 Å². The minimum atomic E-state index is -1.66. The van der Waals surface area contributed by atoms with Gasteiger partial charge in [0.15, 0.2) is 0 Å². The van der Waals surface area contributed by atoms with E-state index in [1.165, 1.54) is 0 Å². The summed E-state index contributed by atoms with van der Waals surface area (Å²) in [5.74, 6) is -9.66. The molecule has 0 saturated carbocycles. The van der Waals surface area contributed by atoms with Crippen LogP contribution in [0, 0.1) is 23.7 Å². The molecule has 0 aliphatic heterocycles. The van der Waals surface area contributed by atoms with Crippen molar-refractivity contribution >= 4 is 47.8 Å². The zero-order valence-electron chi connectivity index (χ0n) is 35.6. The van der Waals surface area contributed by atoms with Crippen LogP contribution in [0.5, 0.6) is 0 Å². The maximum absolute atomic E-state index is 10.8. The van der Waals surface area contributed by atoms with Crippen LogP contribution in [-0.4, -0.2) is 88.6 Å². The van der Waals surface area contributed by atoms with E-state index in [1.54, 1.807) is 0 Å². The lowest BCUT2D eigenvalue weighted by Crippen LogP contribution is -2.15. The number of hydrogen-bond donors (Lipinski definition) is 8. The van der Waals surface area contributed by atoms with Crippen molar-refractivity contribution in [1.82, 2.24) is 0 Å². The number of aromatic carboxylic acids is 4.